The summed E-state index contributed by atoms with van der Waals surface area (Å²) >= 11 is 0. The normalized spacial score (nSPS) is 25.8. The van der Waals surface area contributed by atoms with E-state index in [-0.39, 0.29) is 17.8 Å². The Morgan fingerprint density at radius 2 is 1.86 bits per heavy atom. The van der Waals surface area contributed by atoms with Crippen LogP contribution in [-0.2, 0) is 9.59 Å². The van der Waals surface area contributed by atoms with Crippen LogP contribution in [0.3, 0.4) is 0 Å². The summed E-state index contributed by atoms with van der Waals surface area (Å²) in [6, 6.07) is 6.04. The number of rotatable bonds is 5. The van der Waals surface area contributed by atoms with Gasteiger partial charge < -0.3 is 10.4 Å². The van der Waals surface area contributed by atoms with Crippen LogP contribution in [0.4, 0.5) is 4.39 Å². The van der Waals surface area contributed by atoms with Crippen molar-refractivity contribution in [2.24, 2.45) is 17.8 Å². The van der Waals surface area contributed by atoms with Gasteiger partial charge in [-0.3, -0.25) is 9.59 Å². The summed E-state index contributed by atoms with van der Waals surface area (Å²) in [7, 11) is 0. The van der Waals surface area contributed by atoms with Crippen LogP contribution in [0.25, 0.3) is 0 Å². The largest absolute Gasteiger partial charge is 0.481 e. The molecule has 1 aromatic carbocycles. The minimum absolute atomic E-state index is 0.137. The number of carbonyl (C=O) groups is 2. The molecule has 0 heterocycles. The molecular formula is C16H18FNO3. The molecule has 1 amide bonds. The SMILES string of the molecule is O=C(O)C1CC1C(=O)NC(c1ccc(F)cc1)C1CCC1. The van der Waals surface area contributed by atoms with Gasteiger partial charge in [0.05, 0.1) is 17.9 Å². The number of hydrogen-bond acceptors (Lipinski definition) is 2. The third-order valence-corrected chi connectivity index (χ3v) is 4.59. The fourth-order valence-corrected chi connectivity index (χ4v) is 2.93. The van der Waals surface area contributed by atoms with Crippen LogP contribution < -0.4 is 5.32 Å². The molecule has 2 aliphatic carbocycles. The topological polar surface area (TPSA) is 66.4 Å². The first-order valence-corrected chi connectivity index (χ1v) is 7.35. The Bertz CT molecular complexity index is 553. The molecule has 0 spiro atoms. The van der Waals surface area contributed by atoms with E-state index in [1.807, 2.05) is 0 Å². The molecule has 3 unspecified atom stereocenters. The highest BCUT2D eigenvalue weighted by atomic mass is 19.1. The molecular weight excluding hydrogens is 273 g/mol. The molecule has 3 atom stereocenters. The minimum Gasteiger partial charge on any atom is -0.481 e. The van der Waals surface area contributed by atoms with E-state index >= 15 is 0 Å². The van der Waals surface area contributed by atoms with Gasteiger partial charge in [-0.1, -0.05) is 18.6 Å². The number of carbonyl (C=O) groups excluding carboxylic acids is 1. The highest BCUT2D eigenvalue weighted by molar-refractivity contribution is 5.89. The maximum Gasteiger partial charge on any atom is 0.307 e. The number of aliphatic carboxylic acids is 1. The molecule has 0 radical (unpaired) electrons. The lowest BCUT2D eigenvalue weighted by atomic mass is 9.77. The number of benzene rings is 1. The number of nitrogens with one attached hydrogen (secondary N) is 1. The van der Waals surface area contributed by atoms with Crippen molar-refractivity contribution in [3.8, 4) is 0 Å². The van der Waals surface area contributed by atoms with Crippen molar-refractivity contribution in [3.63, 3.8) is 0 Å². The Kier molecular flexibility index (Phi) is 3.66. The zero-order valence-corrected chi connectivity index (χ0v) is 11.6. The molecule has 3 rings (SSSR count). The van der Waals surface area contributed by atoms with Gasteiger partial charge in [0.25, 0.3) is 0 Å². The standard InChI is InChI=1S/C16H18FNO3/c17-11-6-4-10(5-7-11)14(9-2-1-3-9)18-15(19)12-8-13(12)16(20)21/h4-7,9,12-14H,1-3,8H2,(H,18,19)(H,20,21). The second-order valence-corrected chi connectivity index (χ2v) is 6.02. The summed E-state index contributed by atoms with van der Waals surface area (Å²) in [5, 5.41) is 11.9. The lowest BCUT2D eigenvalue weighted by Gasteiger charge is -2.34. The van der Waals surface area contributed by atoms with Crippen LogP contribution in [0.5, 0.6) is 0 Å². The van der Waals surface area contributed by atoms with Gasteiger partial charge in [0.15, 0.2) is 0 Å². The van der Waals surface area contributed by atoms with Crippen molar-refractivity contribution in [1.29, 1.82) is 0 Å². The van der Waals surface area contributed by atoms with Crippen LogP contribution in [-0.4, -0.2) is 17.0 Å². The Morgan fingerprint density at radius 1 is 1.19 bits per heavy atom. The van der Waals surface area contributed by atoms with Crippen molar-refractivity contribution in [2.75, 3.05) is 0 Å². The third kappa shape index (κ3) is 2.91. The number of halogens is 1. The van der Waals surface area contributed by atoms with E-state index in [9.17, 15) is 14.0 Å². The molecule has 2 fully saturated rings. The second kappa shape index (κ2) is 5.47. The Labute approximate surface area is 122 Å². The molecule has 0 aromatic heterocycles. The summed E-state index contributed by atoms with van der Waals surface area (Å²) in [5.74, 6) is -1.99. The van der Waals surface area contributed by atoms with E-state index in [4.69, 9.17) is 5.11 Å². The van der Waals surface area contributed by atoms with Gasteiger partial charge >= 0.3 is 5.97 Å². The van der Waals surface area contributed by atoms with Gasteiger partial charge in [-0.2, -0.15) is 0 Å². The minimum atomic E-state index is -0.905. The first kappa shape index (κ1) is 14.0. The summed E-state index contributed by atoms with van der Waals surface area (Å²) < 4.78 is 13.0. The van der Waals surface area contributed by atoms with Crippen LogP contribution in [0.15, 0.2) is 24.3 Å². The van der Waals surface area contributed by atoms with E-state index in [0.717, 1.165) is 24.8 Å². The maximum atomic E-state index is 13.0. The molecule has 112 valence electrons. The molecule has 0 saturated heterocycles. The highest BCUT2D eigenvalue weighted by Crippen LogP contribution is 2.42. The molecule has 2 aliphatic rings. The Morgan fingerprint density at radius 3 is 2.33 bits per heavy atom. The van der Waals surface area contributed by atoms with Crippen molar-refractivity contribution >= 4 is 11.9 Å². The Balaban J connectivity index is 1.70. The summed E-state index contributed by atoms with van der Waals surface area (Å²) in [4.78, 5) is 23.0. The molecule has 21 heavy (non-hydrogen) atoms. The van der Waals surface area contributed by atoms with Gasteiger partial charge in [0, 0.05) is 0 Å². The van der Waals surface area contributed by atoms with E-state index in [1.165, 1.54) is 12.1 Å². The summed E-state index contributed by atoms with van der Waals surface area (Å²) in [5.41, 5.74) is 0.891. The smallest absolute Gasteiger partial charge is 0.307 e. The monoisotopic (exact) mass is 291 g/mol. The molecule has 0 bridgehead atoms. The fraction of sp³-hybridized carbons (Fsp3) is 0.500. The first-order valence-electron chi connectivity index (χ1n) is 7.35. The Hall–Kier alpha value is -1.91. The van der Waals surface area contributed by atoms with Crippen molar-refractivity contribution in [2.45, 2.75) is 31.7 Å². The average molecular weight is 291 g/mol. The van der Waals surface area contributed by atoms with Crippen LogP contribution >= 0.6 is 0 Å². The summed E-state index contributed by atoms with van der Waals surface area (Å²) in [6.07, 6.45) is 3.63. The molecule has 5 heteroatoms. The fourth-order valence-electron chi connectivity index (χ4n) is 2.93. The van der Waals surface area contributed by atoms with E-state index in [1.54, 1.807) is 12.1 Å². The number of carboxylic acid groups (broad SMARTS) is 1. The lowest BCUT2D eigenvalue weighted by Crippen LogP contribution is -2.37. The van der Waals surface area contributed by atoms with E-state index < -0.39 is 17.8 Å². The van der Waals surface area contributed by atoms with E-state index in [0.29, 0.717) is 12.3 Å². The van der Waals surface area contributed by atoms with Gasteiger partial charge in [-0.15, -0.1) is 0 Å². The number of carboxylic acids is 1. The quantitative estimate of drug-likeness (QED) is 0.876. The van der Waals surface area contributed by atoms with Gasteiger partial charge in [0.2, 0.25) is 5.91 Å². The third-order valence-electron chi connectivity index (χ3n) is 4.59. The molecule has 0 aliphatic heterocycles. The van der Waals surface area contributed by atoms with Crippen LogP contribution in [0.1, 0.15) is 37.3 Å². The predicted molar refractivity (Wildman–Crippen MR) is 73.9 cm³/mol. The van der Waals surface area contributed by atoms with Crippen LogP contribution in [0, 0.1) is 23.6 Å². The zero-order valence-electron chi connectivity index (χ0n) is 11.6. The molecule has 4 nitrogen and oxygen atoms in total. The molecule has 2 saturated carbocycles. The van der Waals surface area contributed by atoms with Crippen molar-refractivity contribution < 1.29 is 19.1 Å². The van der Waals surface area contributed by atoms with Crippen molar-refractivity contribution in [1.82, 2.24) is 5.32 Å². The van der Waals surface area contributed by atoms with Gasteiger partial charge in [0.1, 0.15) is 5.82 Å². The lowest BCUT2D eigenvalue weighted by molar-refractivity contribution is -0.140. The highest BCUT2D eigenvalue weighted by Gasteiger charge is 2.49. The predicted octanol–water partition coefficient (Wildman–Crippen LogP) is 2.50. The number of hydrogen-bond donors (Lipinski definition) is 2. The molecule has 2 N–H and O–H groups in total. The van der Waals surface area contributed by atoms with Crippen molar-refractivity contribution in [3.05, 3.63) is 35.6 Å². The second-order valence-electron chi connectivity index (χ2n) is 6.02. The van der Waals surface area contributed by atoms with Crippen LogP contribution in [0.2, 0.25) is 0 Å². The van der Waals surface area contributed by atoms with Gasteiger partial charge in [-0.05, 0) is 42.9 Å². The first-order chi connectivity index (χ1) is 10.1. The maximum absolute atomic E-state index is 13.0. The summed E-state index contributed by atoms with van der Waals surface area (Å²) in [6.45, 7) is 0. The van der Waals surface area contributed by atoms with E-state index in [2.05, 4.69) is 5.32 Å². The average Bonchev–Trinajstić information content (AvgIpc) is 3.17. The zero-order chi connectivity index (χ0) is 15.0. The number of amides is 1. The van der Waals surface area contributed by atoms with Gasteiger partial charge in [-0.25, -0.2) is 4.39 Å². The molecule has 1 aromatic rings.